The standard InChI is InChI=1S/C17H22O7/c1-9-6-13(19)16-10(2)17(20)23-15(16)7-12(8-22-11(3)18)4-5-14(9)24-21/h7,13-16,19,21H,1-2,4-6,8H2,3H3/b12-7+/t13-,14+,15-,16+/m0/s1. The van der Waals surface area contributed by atoms with Gasteiger partial charge in [0.2, 0.25) is 0 Å². The Morgan fingerprint density at radius 2 is 2.17 bits per heavy atom. The molecule has 2 N–H and O–H groups in total. The SMILES string of the molecule is C=C1C(=O)O[C@H]2/C=C(/COC(C)=O)CC[C@@H](OO)C(=C)C[C@H](O)[C@@H]12. The predicted molar refractivity (Wildman–Crippen MR) is 83.7 cm³/mol. The average Bonchev–Trinajstić information content (AvgIpc) is 2.78. The van der Waals surface area contributed by atoms with Crippen LogP contribution in [-0.4, -0.2) is 47.2 Å². The molecule has 2 aliphatic rings. The van der Waals surface area contributed by atoms with E-state index in [-0.39, 0.29) is 18.6 Å². The molecule has 0 radical (unpaired) electrons. The molecule has 0 aromatic carbocycles. The molecule has 0 saturated carbocycles. The highest BCUT2D eigenvalue weighted by molar-refractivity contribution is 5.91. The Morgan fingerprint density at radius 1 is 1.46 bits per heavy atom. The zero-order valence-electron chi connectivity index (χ0n) is 13.6. The molecule has 0 spiro atoms. The minimum absolute atomic E-state index is 0.0311. The molecule has 1 heterocycles. The van der Waals surface area contributed by atoms with Gasteiger partial charge in [0.05, 0.1) is 12.0 Å². The number of rotatable bonds is 3. The molecule has 0 unspecified atom stereocenters. The van der Waals surface area contributed by atoms with Crippen molar-refractivity contribution in [2.24, 2.45) is 5.92 Å². The van der Waals surface area contributed by atoms with Crippen LogP contribution in [0.15, 0.2) is 36.0 Å². The molecule has 0 aromatic rings. The lowest BCUT2D eigenvalue weighted by Crippen LogP contribution is -2.31. The van der Waals surface area contributed by atoms with Crippen molar-refractivity contribution in [1.82, 2.24) is 0 Å². The average molecular weight is 338 g/mol. The summed E-state index contributed by atoms with van der Waals surface area (Å²) in [6.07, 6.45) is 0.365. The van der Waals surface area contributed by atoms with Crippen LogP contribution < -0.4 is 0 Å². The Bertz CT molecular complexity index is 577. The minimum atomic E-state index is -0.955. The van der Waals surface area contributed by atoms with E-state index in [1.807, 2.05) is 0 Å². The molecule has 7 heteroatoms. The minimum Gasteiger partial charge on any atom is -0.461 e. The molecule has 24 heavy (non-hydrogen) atoms. The lowest BCUT2D eigenvalue weighted by molar-refractivity contribution is -0.270. The molecule has 0 aromatic heterocycles. The van der Waals surface area contributed by atoms with E-state index in [4.69, 9.17) is 14.7 Å². The van der Waals surface area contributed by atoms with E-state index in [2.05, 4.69) is 18.0 Å². The first kappa shape index (κ1) is 18.4. The molecule has 1 aliphatic carbocycles. The Morgan fingerprint density at radius 3 is 2.79 bits per heavy atom. The maximum Gasteiger partial charge on any atom is 0.334 e. The van der Waals surface area contributed by atoms with Crippen LogP contribution in [0.3, 0.4) is 0 Å². The van der Waals surface area contributed by atoms with Gasteiger partial charge in [-0.25, -0.2) is 9.68 Å². The predicted octanol–water partition coefficient (Wildman–Crippen LogP) is 1.53. The molecule has 132 valence electrons. The molecule has 7 nitrogen and oxygen atoms in total. The van der Waals surface area contributed by atoms with E-state index in [1.165, 1.54) is 6.92 Å². The summed E-state index contributed by atoms with van der Waals surface area (Å²) in [7, 11) is 0. The lowest BCUT2D eigenvalue weighted by atomic mass is 9.84. The maximum absolute atomic E-state index is 11.8. The van der Waals surface area contributed by atoms with Crippen LogP contribution in [0.2, 0.25) is 0 Å². The Kier molecular flexibility index (Phi) is 5.93. The summed E-state index contributed by atoms with van der Waals surface area (Å²) in [6, 6.07) is 0. The molecule has 4 atom stereocenters. The smallest absolute Gasteiger partial charge is 0.334 e. The highest BCUT2D eigenvalue weighted by atomic mass is 17.1. The molecule has 2 rings (SSSR count). The second kappa shape index (κ2) is 7.74. The second-order valence-corrected chi connectivity index (χ2v) is 6.09. The van der Waals surface area contributed by atoms with Gasteiger partial charge in [0.1, 0.15) is 18.8 Å². The fraction of sp³-hybridized carbons (Fsp3) is 0.529. The van der Waals surface area contributed by atoms with Crippen LogP contribution in [0, 0.1) is 5.92 Å². The van der Waals surface area contributed by atoms with Crippen molar-refractivity contribution in [1.29, 1.82) is 0 Å². The molecule has 1 aliphatic heterocycles. The zero-order chi connectivity index (χ0) is 17.9. The van der Waals surface area contributed by atoms with Crippen molar-refractivity contribution in [2.45, 2.75) is 44.5 Å². The van der Waals surface area contributed by atoms with Crippen molar-refractivity contribution in [2.75, 3.05) is 6.61 Å². The van der Waals surface area contributed by atoms with Crippen LogP contribution >= 0.6 is 0 Å². The van der Waals surface area contributed by atoms with Crippen LogP contribution in [0.4, 0.5) is 0 Å². The van der Waals surface area contributed by atoms with E-state index < -0.39 is 36.2 Å². The van der Waals surface area contributed by atoms with Gasteiger partial charge in [0, 0.05) is 12.5 Å². The van der Waals surface area contributed by atoms with Crippen LogP contribution in [0.5, 0.6) is 0 Å². The van der Waals surface area contributed by atoms with Gasteiger partial charge in [-0.15, -0.1) is 0 Å². The third kappa shape index (κ3) is 4.11. The Balaban J connectivity index is 2.32. The van der Waals surface area contributed by atoms with Crippen molar-refractivity contribution in [3.8, 4) is 0 Å². The Hall–Kier alpha value is -1.96. The van der Waals surface area contributed by atoms with Crippen LogP contribution in [-0.2, 0) is 24.0 Å². The second-order valence-electron chi connectivity index (χ2n) is 6.09. The van der Waals surface area contributed by atoms with Gasteiger partial charge in [0.25, 0.3) is 0 Å². The number of carbonyl (C=O) groups is 2. The number of esters is 2. The van der Waals surface area contributed by atoms with Crippen molar-refractivity contribution >= 4 is 11.9 Å². The monoisotopic (exact) mass is 338 g/mol. The molecule has 0 bridgehead atoms. The summed E-state index contributed by atoms with van der Waals surface area (Å²) in [4.78, 5) is 27.3. The number of fused-ring (bicyclic) bond motifs is 1. The number of ether oxygens (including phenoxy) is 2. The van der Waals surface area contributed by atoms with Gasteiger partial charge in [0.15, 0.2) is 0 Å². The third-order valence-corrected chi connectivity index (χ3v) is 4.32. The first-order chi connectivity index (χ1) is 11.3. The molecule has 0 amide bonds. The summed E-state index contributed by atoms with van der Waals surface area (Å²) < 4.78 is 10.3. The lowest BCUT2D eigenvalue weighted by Gasteiger charge is -2.26. The summed E-state index contributed by atoms with van der Waals surface area (Å²) in [5, 5.41) is 19.5. The van der Waals surface area contributed by atoms with Gasteiger partial charge >= 0.3 is 11.9 Å². The third-order valence-electron chi connectivity index (χ3n) is 4.32. The zero-order valence-corrected chi connectivity index (χ0v) is 13.6. The van der Waals surface area contributed by atoms with E-state index in [9.17, 15) is 14.7 Å². The highest BCUT2D eigenvalue weighted by Crippen LogP contribution is 2.35. The summed E-state index contributed by atoms with van der Waals surface area (Å²) in [5.41, 5.74) is 1.39. The number of aliphatic hydroxyl groups is 1. The molecular formula is C17H22O7. The Labute approximate surface area is 140 Å². The molecular weight excluding hydrogens is 316 g/mol. The van der Waals surface area contributed by atoms with E-state index in [0.717, 1.165) is 0 Å². The van der Waals surface area contributed by atoms with Gasteiger partial charge in [-0.05, 0) is 36.5 Å². The quantitative estimate of drug-likeness (QED) is 0.264. The van der Waals surface area contributed by atoms with Gasteiger partial charge < -0.3 is 14.6 Å². The fourth-order valence-corrected chi connectivity index (χ4v) is 3.00. The maximum atomic E-state index is 11.8. The largest absolute Gasteiger partial charge is 0.461 e. The highest BCUT2D eigenvalue weighted by Gasteiger charge is 2.42. The first-order valence-corrected chi connectivity index (χ1v) is 7.72. The van der Waals surface area contributed by atoms with Crippen molar-refractivity contribution in [3.63, 3.8) is 0 Å². The van der Waals surface area contributed by atoms with E-state index >= 15 is 0 Å². The number of aliphatic hydroxyl groups excluding tert-OH is 1. The van der Waals surface area contributed by atoms with E-state index in [1.54, 1.807) is 6.08 Å². The van der Waals surface area contributed by atoms with Gasteiger partial charge in [-0.1, -0.05) is 13.2 Å². The van der Waals surface area contributed by atoms with Gasteiger partial charge in [-0.3, -0.25) is 10.1 Å². The van der Waals surface area contributed by atoms with Crippen molar-refractivity contribution in [3.05, 3.63) is 36.0 Å². The van der Waals surface area contributed by atoms with E-state index in [0.29, 0.717) is 24.0 Å². The normalized spacial score (nSPS) is 33.3. The summed E-state index contributed by atoms with van der Waals surface area (Å²) >= 11 is 0. The summed E-state index contributed by atoms with van der Waals surface area (Å²) in [5.74, 6) is -1.62. The fourth-order valence-electron chi connectivity index (χ4n) is 3.00. The number of carbonyl (C=O) groups excluding carboxylic acids is 2. The summed E-state index contributed by atoms with van der Waals surface area (Å²) in [6.45, 7) is 8.87. The topological polar surface area (TPSA) is 102 Å². The van der Waals surface area contributed by atoms with Crippen LogP contribution in [0.1, 0.15) is 26.2 Å². The first-order valence-electron chi connectivity index (χ1n) is 7.72. The van der Waals surface area contributed by atoms with Crippen molar-refractivity contribution < 1.29 is 34.3 Å². The number of hydrogen-bond acceptors (Lipinski definition) is 7. The number of hydrogen-bond donors (Lipinski definition) is 2. The van der Waals surface area contributed by atoms with Crippen LogP contribution in [0.25, 0.3) is 0 Å². The molecule has 1 fully saturated rings. The molecule has 1 saturated heterocycles. The van der Waals surface area contributed by atoms with Gasteiger partial charge in [-0.2, -0.15) is 0 Å².